The molecule has 0 aliphatic rings. The topological polar surface area (TPSA) is 74.7 Å². The quantitative estimate of drug-likeness (QED) is 0.795. The molecule has 0 aliphatic carbocycles. The molecule has 1 aromatic heterocycles. The maximum Gasteiger partial charge on any atom is 0.357 e. The number of pyridine rings is 1. The van der Waals surface area contributed by atoms with Crippen molar-refractivity contribution in [2.75, 3.05) is 21.3 Å². The lowest BCUT2D eigenvalue weighted by Crippen LogP contribution is -2.14. The number of hydrogen-bond donors (Lipinski definition) is 0. The van der Waals surface area contributed by atoms with E-state index in [1.165, 1.54) is 20.3 Å². The highest BCUT2D eigenvalue weighted by molar-refractivity contribution is 6.04. The molecule has 0 unspecified atom stereocenters. The number of methoxy groups -OCH3 is 3. The number of hydrogen-bond acceptors (Lipinski definition) is 6. The maximum atomic E-state index is 11.8. The van der Waals surface area contributed by atoms with Gasteiger partial charge in [-0.05, 0) is 24.3 Å². The second-order valence-corrected chi connectivity index (χ2v) is 3.93. The zero-order chi connectivity index (χ0) is 14.7. The summed E-state index contributed by atoms with van der Waals surface area (Å²) in [6, 6.07) is 6.66. The molecular weight excluding hydrogens is 262 g/mol. The van der Waals surface area contributed by atoms with E-state index in [-0.39, 0.29) is 11.3 Å². The third-order valence-corrected chi connectivity index (χ3v) is 2.81. The molecule has 0 saturated heterocycles. The third kappa shape index (κ3) is 2.40. The van der Waals surface area contributed by atoms with Crippen molar-refractivity contribution in [2.45, 2.75) is 0 Å². The van der Waals surface area contributed by atoms with Crippen LogP contribution in [-0.2, 0) is 9.47 Å². The summed E-state index contributed by atoms with van der Waals surface area (Å²) >= 11 is 0. The van der Waals surface area contributed by atoms with E-state index < -0.39 is 11.9 Å². The van der Waals surface area contributed by atoms with Crippen molar-refractivity contribution in [1.29, 1.82) is 0 Å². The number of esters is 2. The highest BCUT2D eigenvalue weighted by Crippen LogP contribution is 2.23. The van der Waals surface area contributed by atoms with E-state index in [2.05, 4.69) is 14.5 Å². The van der Waals surface area contributed by atoms with Crippen molar-refractivity contribution in [3.05, 3.63) is 35.5 Å². The Kier molecular flexibility index (Phi) is 3.84. The molecule has 0 fully saturated rings. The van der Waals surface area contributed by atoms with Crippen molar-refractivity contribution >= 4 is 22.8 Å². The first-order valence-corrected chi connectivity index (χ1v) is 5.76. The van der Waals surface area contributed by atoms with Gasteiger partial charge in [0.1, 0.15) is 5.75 Å². The molecule has 0 atom stereocenters. The van der Waals surface area contributed by atoms with Crippen molar-refractivity contribution in [2.24, 2.45) is 0 Å². The van der Waals surface area contributed by atoms with Crippen LogP contribution in [0.3, 0.4) is 0 Å². The van der Waals surface area contributed by atoms with E-state index in [1.807, 2.05) is 0 Å². The first kappa shape index (κ1) is 13.8. The van der Waals surface area contributed by atoms with Crippen LogP contribution >= 0.6 is 0 Å². The van der Waals surface area contributed by atoms with Gasteiger partial charge >= 0.3 is 11.9 Å². The van der Waals surface area contributed by atoms with Gasteiger partial charge < -0.3 is 14.2 Å². The summed E-state index contributed by atoms with van der Waals surface area (Å²) in [5.74, 6) is -0.716. The lowest BCUT2D eigenvalue weighted by Gasteiger charge is -2.08. The molecule has 0 amide bonds. The van der Waals surface area contributed by atoms with Gasteiger partial charge in [0, 0.05) is 5.39 Å². The highest BCUT2D eigenvalue weighted by atomic mass is 16.5. The van der Waals surface area contributed by atoms with Crippen molar-refractivity contribution in [3.63, 3.8) is 0 Å². The van der Waals surface area contributed by atoms with Crippen LogP contribution in [0.5, 0.6) is 5.75 Å². The number of benzene rings is 1. The summed E-state index contributed by atoms with van der Waals surface area (Å²) in [6.07, 6.45) is 0. The number of carbonyl (C=O) groups is 2. The van der Waals surface area contributed by atoms with E-state index >= 15 is 0 Å². The SMILES string of the molecule is COC(=O)c1cc2cc(OC)ccc2nc1C(=O)OC. The summed E-state index contributed by atoms with van der Waals surface area (Å²) in [5, 5.41) is 0.664. The van der Waals surface area contributed by atoms with E-state index in [9.17, 15) is 9.59 Å². The summed E-state index contributed by atoms with van der Waals surface area (Å²) in [4.78, 5) is 27.6. The molecule has 0 spiro atoms. The molecule has 2 rings (SSSR count). The minimum Gasteiger partial charge on any atom is -0.497 e. The molecular formula is C14H13NO5. The number of fused-ring (bicyclic) bond motifs is 1. The number of nitrogens with zero attached hydrogens (tertiary/aromatic N) is 1. The fraction of sp³-hybridized carbons (Fsp3) is 0.214. The van der Waals surface area contributed by atoms with Gasteiger partial charge in [-0.25, -0.2) is 14.6 Å². The average molecular weight is 275 g/mol. The second-order valence-electron chi connectivity index (χ2n) is 3.93. The Labute approximate surface area is 115 Å². The maximum absolute atomic E-state index is 11.8. The van der Waals surface area contributed by atoms with Gasteiger partial charge in [-0.15, -0.1) is 0 Å². The number of aromatic nitrogens is 1. The van der Waals surface area contributed by atoms with Crippen LogP contribution in [0.15, 0.2) is 24.3 Å². The van der Waals surface area contributed by atoms with E-state index in [0.29, 0.717) is 16.7 Å². The molecule has 6 nitrogen and oxygen atoms in total. The summed E-state index contributed by atoms with van der Waals surface area (Å²) in [6.45, 7) is 0. The molecule has 104 valence electrons. The number of carbonyl (C=O) groups excluding carboxylic acids is 2. The van der Waals surface area contributed by atoms with Crippen LogP contribution in [0.4, 0.5) is 0 Å². The summed E-state index contributed by atoms with van der Waals surface area (Å²) in [7, 11) is 4.00. The predicted molar refractivity (Wildman–Crippen MR) is 71.0 cm³/mol. The van der Waals surface area contributed by atoms with Crippen LogP contribution in [-0.4, -0.2) is 38.3 Å². The van der Waals surface area contributed by atoms with Gasteiger partial charge in [-0.3, -0.25) is 0 Å². The van der Waals surface area contributed by atoms with Gasteiger partial charge in [0.25, 0.3) is 0 Å². The zero-order valence-electron chi connectivity index (χ0n) is 11.3. The Bertz CT molecular complexity index is 681. The fourth-order valence-corrected chi connectivity index (χ4v) is 1.80. The van der Waals surface area contributed by atoms with Crippen LogP contribution in [0.25, 0.3) is 10.9 Å². The number of ether oxygens (including phenoxy) is 3. The predicted octanol–water partition coefficient (Wildman–Crippen LogP) is 1.82. The van der Waals surface area contributed by atoms with E-state index in [0.717, 1.165) is 0 Å². The minimum absolute atomic E-state index is 0.0557. The first-order chi connectivity index (χ1) is 9.60. The van der Waals surface area contributed by atoms with Crippen molar-refractivity contribution in [3.8, 4) is 5.75 Å². The highest BCUT2D eigenvalue weighted by Gasteiger charge is 2.21. The zero-order valence-corrected chi connectivity index (χ0v) is 11.3. The molecule has 0 N–H and O–H groups in total. The molecule has 0 bridgehead atoms. The Morgan fingerprint density at radius 2 is 1.70 bits per heavy atom. The van der Waals surface area contributed by atoms with Crippen LogP contribution in [0.1, 0.15) is 20.8 Å². The van der Waals surface area contributed by atoms with Crippen LogP contribution < -0.4 is 4.74 Å². The van der Waals surface area contributed by atoms with Gasteiger partial charge in [0.15, 0.2) is 5.69 Å². The van der Waals surface area contributed by atoms with E-state index in [4.69, 9.17) is 4.74 Å². The number of rotatable bonds is 3. The Morgan fingerprint density at radius 3 is 2.30 bits per heavy atom. The van der Waals surface area contributed by atoms with Gasteiger partial charge in [0.2, 0.25) is 0 Å². The molecule has 20 heavy (non-hydrogen) atoms. The normalized spacial score (nSPS) is 10.2. The molecule has 0 aliphatic heterocycles. The molecule has 1 aromatic carbocycles. The second kappa shape index (κ2) is 5.56. The smallest absolute Gasteiger partial charge is 0.357 e. The first-order valence-electron chi connectivity index (χ1n) is 5.76. The summed E-state index contributed by atoms with van der Waals surface area (Å²) < 4.78 is 14.4. The van der Waals surface area contributed by atoms with Gasteiger partial charge in [-0.1, -0.05) is 0 Å². The fourth-order valence-electron chi connectivity index (χ4n) is 1.80. The van der Waals surface area contributed by atoms with Crippen molar-refractivity contribution < 1.29 is 23.8 Å². The molecule has 1 heterocycles. The average Bonchev–Trinajstić information content (AvgIpc) is 2.51. The lowest BCUT2D eigenvalue weighted by molar-refractivity contribution is 0.0550. The monoisotopic (exact) mass is 275 g/mol. The van der Waals surface area contributed by atoms with Gasteiger partial charge in [-0.2, -0.15) is 0 Å². The standard InChI is InChI=1S/C14H13NO5/c1-18-9-4-5-11-8(6-9)7-10(13(16)19-2)12(15-11)14(17)20-3/h4-7H,1-3H3. The van der Waals surface area contributed by atoms with Crippen LogP contribution in [0.2, 0.25) is 0 Å². The molecule has 0 saturated carbocycles. The Balaban J connectivity index is 2.70. The Morgan fingerprint density at radius 1 is 1.00 bits per heavy atom. The molecule has 2 aromatic rings. The van der Waals surface area contributed by atoms with E-state index in [1.54, 1.807) is 25.3 Å². The molecule has 6 heteroatoms. The lowest BCUT2D eigenvalue weighted by atomic mass is 10.1. The van der Waals surface area contributed by atoms with Crippen LogP contribution in [0, 0.1) is 0 Å². The minimum atomic E-state index is -0.692. The Hall–Kier alpha value is -2.63. The largest absolute Gasteiger partial charge is 0.497 e. The van der Waals surface area contributed by atoms with Crippen molar-refractivity contribution in [1.82, 2.24) is 4.98 Å². The third-order valence-electron chi connectivity index (χ3n) is 2.81. The summed E-state index contributed by atoms with van der Waals surface area (Å²) in [5.41, 5.74) is 0.538. The van der Waals surface area contributed by atoms with Gasteiger partial charge in [0.05, 0.1) is 32.4 Å². The molecule has 0 radical (unpaired) electrons.